The van der Waals surface area contributed by atoms with Gasteiger partial charge in [0, 0.05) is 46.0 Å². The van der Waals surface area contributed by atoms with E-state index in [9.17, 15) is 5.26 Å². The Morgan fingerprint density at radius 2 is 1.08 bits per heavy atom. The molecule has 0 N–H and O–H groups in total. The molecule has 0 aliphatic heterocycles. The van der Waals surface area contributed by atoms with Gasteiger partial charge in [0.2, 0.25) is 0 Å². The molecule has 0 aliphatic rings. The quantitative estimate of drug-likeness (QED) is 0.213. The Morgan fingerprint density at radius 1 is 0.513 bits per heavy atom. The molecule has 0 unspecified atom stereocenters. The van der Waals surface area contributed by atoms with Gasteiger partial charge in [-0.3, -0.25) is 9.97 Å². The molecule has 0 amide bonds. The normalized spacial score (nSPS) is 10.7. The summed E-state index contributed by atoms with van der Waals surface area (Å²) in [7, 11) is 0. The molecule has 6 aromatic rings. The summed E-state index contributed by atoms with van der Waals surface area (Å²) in [5, 5.41) is 9.23. The summed E-state index contributed by atoms with van der Waals surface area (Å²) in [5.74, 6) is 1.64. The summed E-state index contributed by atoms with van der Waals surface area (Å²) in [5.41, 5.74) is 7.25. The Morgan fingerprint density at radius 3 is 1.69 bits per heavy atom. The average molecular weight is 567 g/mol. The number of hydrogen-bond acceptors (Lipinski definition) is 6. The average Bonchev–Trinajstić information content (AvgIpc) is 3.01. The van der Waals surface area contributed by atoms with Crippen LogP contribution in [-0.4, -0.2) is 24.9 Å². The molecular weight excluding hydrogens is 548 g/mol. The molecule has 0 saturated carbocycles. The standard InChI is InChI=1S/C32H19BrN6/c33-29-17-27(23-11-14-35-15-12-23)16-28(18-29)32-38-30(24-5-3-21(19-34)4-6-24)37-31(39-32)25-9-7-22(8-10-25)26-2-1-13-36-20-26/h1-18,20H. The highest BCUT2D eigenvalue weighted by molar-refractivity contribution is 9.10. The minimum Gasteiger partial charge on any atom is -0.265 e. The van der Waals surface area contributed by atoms with Gasteiger partial charge in [-0.15, -0.1) is 0 Å². The van der Waals surface area contributed by atoms with Crippen LogP contribution in [0.25, 0.3) is 56.4 Å². The first-order chi connectivity index (χ1) is 19.2. The number of aromatic nitrogens is 5. The largest absolute Gasteiger partial charge is 0.265 e. The van der Waals surface area contributed by atoms with E-state index in [1.807, 2.05) is 72.9 Å². The lowest BCUT2D eigenvalue weighted by atomic mass is 10.0. The zero-order valence-corrected chi connectivity index (χ0v) is 22.1. The van der Waals surface area contributed by atoms with Crippen LogP contribution in [0.15, 0.2) is 120 Å². The van der Waals surface area contributed by atoms with Crippen molar-refractivity contribution in [2.45, 2.75) is 0 Å². The summed E-state index contributed by atoms with van der Waals surface area (Å²) in [4.78, 5) is 22.9. The van der Waals surface area contributed by atoms with Crippen LogP contribution in [0.1, 0.15) is 5.56 Å². The summed E-state index contributed by atoms with van der Waals surface area (Å²) in [6.07, 6.45) is 7.15. The van der Waals surface area contributed by atoms with Crippen LogP contribution in [-0.2, 0) is 0 Å². The molecule has 0 aliphatic carbocycles. The second kappa shape index (κ2) is 10.7. The van der Waals surface area contributed by atoms with Gasteiger partial charge in [0.05, 0.1) is 11.6 Å². The van der Waals surface area contributed by atoms with Gasteiger partial charge < -0.3 is 0 Å². The molecule has 6 rings (SSSR count). The highest BCUT2D eigenvalue weighted by Crippen LogP contribution is 2.31. The molecule has 0 bridgehead atoms. The lowest BCUT2D eigenvalue weighted by molar-refractivity contribution is 1.07. The number of halogens is 1. The van der Waals surface area contributed by atoms with E-state index in [2.05, 4.69) is 44.1 Å². The lowest BCUT2D eigenvalue weighted by Crippen LogP contribution is -2.00. The molecule has 0 atom stereocenters. The van der Waals surface area contributed by atoms with Crippen LogP contribution < -0.4 is 0 Å². The molecule has 0 radical (unpaired) electrons. The van der Waals surface area contributed by atoms with Crippen molar-refractivity contribution in [3.05, 3.63) is 126 Å². The van der Waals surface area contributed by atoms with Crippen molar-refractivity contribution in [2.24, 2.45) is 0 Å². The highest BCUT2D eigenvalue weighted by Gasteiger charge is 2.14. The molecule has 0 spiro atoms. The molecule has 39 heavy (non-hydrogen) atoms. The first kappa shape index (κ1) is 24.3. The van der Waals surface area contributed by atoms with Crippen molar-refractivity contribution in [3.63, 3.8) is 0 Å². The van der Waals surface area contributed by atoms with E-state index >= 15 is 0 Å². The van der Waals surface area contributed by atoms with Gasteiger partial charge in [0.25, 0.3) is 0 Å². The fourth-order valence-electron chi connectivity index (χ4n) is 4.23. The minimum absolute atomic E-state index is 0.529. The van der Waals surface area contributed by atoms with Crippen LogP contribution in [0, 0.1) is 11.3 Å². The predicted molar refractivity (Wildman–Crippen MR) is 155 cm³/mol. The SMILES string of the molecule is N#Cc1ccc(-c2nc(-c3ccc(-c4cccnc4)cc3)nc(-c3cc(Br)cc(-c4ccncc4)c3)n2)cc1. The summed E-state index contributed by atoms with van der Waals surface area (Å²) >= 11 is 3.66. The number of hydrogen-bond donors (Lipinski definition) is 0. The number of nitriles is 1. The van der Waals surface area contributed by atoms with E-state index in [1.54, 1.807) is 30.7 Å². The third-order valence-electron chi connectivity index (χ3n) is 6.22. The highest BCUT2D eigenvalue weighted by atomic mass is 79.9. The van der Waals surface area contributed by atoms with E-state index in [1.165, 1.54) is 0 Å². The maximum Gasteiger partial charge on any atom is 0.164 e. The Labute approximate surface area is 233 Å². The van der Waals surface area contributed by atoms with Gasteiger partial charge in [-0.05, 0) is 82.9 Å². The van der Waals surface area contributed by atoms with Crippen LogP contribution >= 0.6 is 15.9 Å². The molecule has 6 nitrogen and oxygen atoms in total. The van der Waals surface area contributed by atoms with Gasteiger partial charge in [0.1, 0.15) is 0 Å². The number of rotatable bonds is 5. The molecule has 3 heterocycles. The van der Waals surface area contributed by atoms with Gasteiger partial charge in [0.15, 0.2) is 17.5 Å². The second-order valence-electron chi connectivity index (χ2n) is 8.78. The fraction of sp³-hybridized carbons (Fsp3) is 0. The van der Waals surface area contributed by atoms with E-state index in [4.69, 9.17) is 15.0 Å². The third kappa shape index (κ3) is 5.33. The summed E-state index contributed by atoms with van der Waals surface area (Å²) in [6, 6.07) is 31.5. The van der Waals surface area contributed by atoms with Gasteiger partial charge in [-0.1, -0.05) is 46.3 Å². The fourth-order valence-corrected chi connectivity index (χ4v) is 4.73. The monoisotopic (exact) mass is 566 g/mol. The first-order valence-corrected chi connectivity index (χ1v) is 12.9. The molecule has 0 fully saturated rings. The van der Waals surface area contributed by atoms with Crippen molar-refractivity contribution >= 4 is 15.9 Å². The third-order valence-corrected chi connectivity index (χ3v) is 6.67. The van der Waals surface area contributed by atoms with Crippen LogP contribution in [0.2, 0.25) is 0 Å². The van der Waals surface area contributed by atoms with Crippen LogP contribution in [0.3, 0.4) is 0 Å². The van der Waals surface area contributed by atoms with Crippen molar-refractivity contribution in [2.75, 3.05) is 0 Å². The summed E-state index contributed by atoms with van der Waals surface area (Å²) in [6.45, 7) is 0. The zero-order valence-electron chi connectivity index (χ0n) is 20.5. The lowest BCUT2D eigenvalue weighted by Gasteiger charge is -2.11. The van der Waals surface area contributed by atoms with Gasteiger partial charge in [-0.2, -0.15) is 5.26 Å². The predicted octanol–water partition coefficient (Wildman–Crippen LogP) is 7.63. The van der Waals surface area contributed by atoms with E-state index in [0.29, 0.717) is 23.0 Å². The Hall–Kier alpha value is -5.06. The van der Waals surface area contributed by atoms with Crippen LogP contribution in [0.4, 0.5) is 0 Å². The number of benzene rings is 3. The van der Waals surface area contributed by atoms with Crippen molar-refractivity contribution in [1.29, 1.82) is 5.26 Å². The van der Waals surface area contributed by atoms with Crippen LogP contribution in [0.5, 0.6) is 0 Å². The zero-order chi connectivity index (χ0) is 26.6. The van der Waals surface area contributed by atoms with Gasteiger partial charge in [-0.25, -0.2) is 15.0 Å². The van der Waals surface area contributed by atoms with Crippen molar-refractivity contribution < 1.29 is 0 Å². The summed E-state index contributed by atoms with van der Waals surface area (Å²) < 4.78 is 0.912. The van der Waals surface area contributed by atoms with Gasteiger partial charge >= 0.3 is 0 Å². The molecule has 7 heteroatoms. The number of pyridine rings is 2. The topological polar surface area (TPSA) is 88.2 Å². The van der Waals surface area contributed by atoms with E-state index in [0.717, 1.165) is 43.4 Å². The molecule has 184 valence electrons. The molecule has 3 aromatic heterocycles. The van der Waals surface area contributed by atoms with E-state index in [-0.39, 0.29) is 0 Å². The molecule has 3 aromatic carbocycles. The van der Waals surface area contributed by atoms with E-state index < -0.39 is 0 Å². The minimum atomic E-state index is 0.529. The Kier molecular flexibility index (Phi) is 6.69. The maximum absolute atomic E-state index is 9.23. The Bertz CT molecular complexity index is 1800. The molecular formula is C32H19BrN6. The molecule has 0 saturated heterocycles. The Balaban J connectivity index is 1.48. The second-order valence-corrected chi connectivity index (χ2v) is 9.69. The maximum atomic E-state index is 9.23. The first-order valence-electron chi connectivity index (χ1n) is 12.1. The number of nitrogens with zero attached hydrogens (tertiary/aromatic N) is 6. The van der Waals surface area contributed by atoms with Crippen molar-refractivity contribution in [3.8, 4) is 62.5 Å². The van der Waals surface area contributed by atoms with Crippen molar-refractivity contribution in [1.82, 2.24) is 24.9 Å². The smallest absolute Gasteiger partial charge is 0.164 e.